The first-order valence-corrected chi connectivity index (χ1v) is 7.87. The van der Waals surface area contributed by atoms with Crippen LogP contribution in [0.4, 0.5) is 0 Å². The molecule has 2 aromatic rings. The van der Waals surface area contributed by atoms with Gasteiger partial charge in [0.05, 0.1) is 10.9 Å². The first-order valence-electron chi connectivity index (χ1n) is 6.58. The molecule has 0 saturated heterocycles. The Kier molecular flexibility index (Phi) is 4.48. The molecule has 5 heteroatoms. The summed E-state index contributed by atoms with van der Waals surface area (Å²) in [6.45, 7) is 0.417. The third-order valence-corrected chi connectivity index (χ3v) is 4.14. The number of rotatable bonds is 4. The second-order valence-electron chi connectivity index (χ2n) is 4.87. The fourth-order valence-electron chi connectivity index (χ4n) is 2.40. The molecule has 0 N–H and O–H groups in total. The Bertz CT molecular complexity index is 633. The summed E-state index contributed by atoms with van der Waals surface area (Å²) in [4.78, 5) is 0. The molecule has 0 amide bonds. The quantitative estimate of drug-likeness (QED) is 0.718. The van der Waals surface area contributed by atoms with Crippen LogP contribution < -0.4 is 9.47 Å². The van der Waals surface area contributed by atoms with E-state index in [1.54, 1.807) is 12.1 Å². The van der Waals surface area contributed by atoms with Crippen molar-refractivity contribution in [1.29, 1.82) is 0 Å². The van der Waals surface area contributed by atoms with E-state index in [0.717, 1.165) is 17.7 Å². The van der Waals surface area contributed by atoms with Gasteiger partial charge in [-0.15, -0.1) is 11.6 Å². The minimum absolute atomic E-state index is 0.0164. The lowest BCUT2D eigenvalue weighted by atomic mass is 10.1. The number of benzene rings is 2. The van der Waals surface area contributed by atoms with E-state index < -0.39 is 0 Å². The Balaban J connectivity index is 1.70. The molecule has 3 rings (SSSR count). The van der Waals surface area contributed by atoms with Crippen molar-refractivity contribution >= 4 is 34.8 Å². The second-order valence-corrected chi connectivity index (χ2v) is 5.98. The Labute approximate surface area is 138 Å². The molecule has 0 aromatic heterocycles. The van der Waals surface area contributed by atoms with Crippen molar-refractivity contribution in [2.45, 2.75) is 18.4 Å². The van der Waals surface area contributed by atoms with Crippen LogP contribution in [0.15, 0.2) is 36.4 Å². The highest BCUT2D eigenvalue weighted by Gasteiger charge is 2.23. The van der Waals surface area contributed by atoms with E-state index in [4.69, 9.17) is 44.3 Å². The minimum Gasteiger partial charge on any atom is -0.488 e. The van der Waals surface area contributed by atoms with E-state index in [1.807, 2.05) is 18.2 Å². The standard InChI is InChI=1S/C16H13Cl3O2/c17-8-11-5-12(18)7-14(19)16(11)20-9-13-6-10-3-1-2-4-15(10)21-13/h1-5,7,13H,6,8-9H2. The Morgan fingerprint density at radius 3 is 2.76 bits per heavy atom. The van der Waals surface area contributed by atoms with Gasteiger partial charge < -0.3 is 9.47 Å². The molecule has 0 bridgehead atoms. The van der Waals surface area contributed by atoms with Crippen molar-refractivity contribution < 1.29 is 9.47 Å². The van der Waals surface area contributed by atoms with Crippen molar-refractivity contribution in [3.63, 3.8) is 0 Å². The summed E-state index contributed by atoms with van der Waals surface area (Å²) in [5, 5.41) is 1.01. The van der Waals surface area contributed by atoms with Crippen molar-refractivity contribution in [2.24, 2.45) is 0 Å². The van der Waals surface area contributed by atoms with Gasteiger partial charge in [-0.1, -0.05) is 41.4 Å². The first-order chi connectivity index (χ1) is 10.2. The Morgan fingerprint density at radius 2 is 2.00 bits per heavy atom. The molecule has 1 heterocycles. The van der Waals surface area contributed by atoms with Crippen LogP contribution in [0.1, 0.15) is 11.1 Å². The third-order valence-electron chi connectivity index (χ3n) is 3.36. The third kappa shape index (κ3) is 3.23. The van der Waals surface area contributed by atoms with Gasteiger partial charge in [0.25, 0.3) is 0 Å². The Morgan fingerprint density at radius 1 is 1.19 bits per heavy atom. The van der Waals surface area contributed by atoms with E-state index >= 15 is 0 Å². The van der Waals surface area contributed by atoms with Crippen molar-refractivity contribution in [1.82, 2.24) is 0 Å². The van der Waals surface area contributed by atoms with Gasteiger partial charge in [-0.05, 0) is 23.8 Å². The monoisotopic (exact) mass is 342 g/mol. The van der Waals surface area contributed by atoms with E-state index in [0.29, 0.717) is 28.3 Å². The molecular weight excluding hydrogens is 331 g/mol. The molecule has 21 heavy (non-hydrogen) atoms. The average molecular weight is 344 g/mol. The fourth-order valence-corrected chi connectivity index (χ4v) is 3.19. The number of fused-ring (bicyclic) bond motifs is 1. The molecule has 0 fully saturated rings. The number of ether oxygens (including phenoxy) is 2. The van der Waals surface area contributed by atoms with E-state index in [-0.39, 0.29) is 6.10 Å². The van der Waals surface area contributed by atoms with Gasteiger partial charge in [0.1, 0.15) is 24.2 Å². The molecule has 110 valence electrons. The van der Waals surface area contributed by atoms with Crippen LogP contribution in [0, 0.1) is 0 Å². The van der Waals surface area contributed by atoms with Crippen LogP contribution in [0.5, 0.6) is 11.5 Å². The molecule has 0 spiro atoms. The number of halogens is 3. The molecule has 0 radical (unpaired) electrons. The van der Waals surface area contributed by atoms with Crippen LogP contribution in [0.3, 0.4) is 0 Å². The highest BCUT2D eigenvalue weighted by molar-refractivity contribution is 6.36. The van der Waals surface area contributed by atoms with E-state index in [1.165, 1.54) is 5.56 Å². The van der Waals surface area contributed by atoms with Crippen molar-refractivity contribution in [3.8, 4) is 11.5 Å². The summed E-state index contributed by atoms with van der Waals surface area (Å²) < 4.78 is 11.7. The van der Waals surface area contributed by atoms with Crippen LogP contribution in [0.25, 0.3) is 0 Å². The summed E-state index contributed by atoms with van der Waals surface area (Å²) >= 11 is 18.1. The summed E-state index contributed by atoms with van der Waals surface area (Å²) in [6.07, 6.45) is 0.815. The summed E-state index contributed by atoms with van der Waals surface area (Å²) in [7, 11) is 0. The van der Waals surface area contributed by atoms with Gasteiger partial charge in [-0.3, -0.25) is 0 Å². The predicted molar refractivity (Wildman–Crippen MR) is 86.1 cm³/mol. The molecule has 2 aromatic carbocycles. The van der Waals surface area contributed by atoms with Gasteiger partial charge in [0.2, 0.25) is 0 Å². The topological polar surface area (TPSA) is 18.5 Å². The SMILES string of the molecule is ClCc1cc(Cl)cc(Cl)c1OCC1Cc2ccccc2O1. The minimum atomic E-state index is -0.0164. The zero-order valence-electron chi connectivity index (χ0n) is 11.1. The number of para-hydroxylation sites is 1. The molecule has 0 aliphatic carbocycles. The summed E-state index contributed by atoms with van der Waals surface area (Å²) in [6, 6.07) is 11.4. The molecular formula is C16H13Cl3O2. The van der Waals surface area contributed by atoms with Crippen molar-refractivity contribution in [2.75, 3.05) is 6.61 Å². The average Bonchev–Trinajstić information content (AvgIpc) is 2.88. The maximum Gasteiger partial charge on any atom is 0.142 e. The van der Waals surface area contributed by atoms with Gasteiger partial charge in [-0.25, -0.2) is 0 Å². The van der Waals surface area contributed by atoms with Gasteiger partial charge in [-0.2, -0.15) is 0 Å². The molecule has 1 aliphatic heterocycles. The molecule has 1 atom stereocenters. The lowest BCUT2D eigenvalue weighted by molar-refractivity contribution is 0.148. The highest BCUT2D eigenvalue weighted by atomic mass is 35.5. The highest BCUT2D eigenvalue weighted by Crippen LogP contribution is 2.34. The number of hydrogen-bond acceptors (Lipinski definition) is 2. The van der Waals surface area contributed by atoms with Crippen molar-refractivity contribution in [3.05, 3.63) is 57.6 Å². The normalized spacial score (nSPS) is 16.4. The van der Waals surface area contributed by atoms with Gasteiger partial charge in [0.15, 0.2) is 0 Å². The van der Waals surface area contributed by atoms with E-state index in [2.05, 4.69) is 6.07 Å². The fraction of sp³-hybridized carbons (Fsp3) is 0.250. The Hall–Kier alpha value is -1.09. The smallest absolute Gasteiger partial charge is 0.142 e. The molecule has 0 saturated carbocycles. The zero-order valence-corrected chi connectivity index (χ0v) is 13.4. The first kappa shape index (κ1) is 14.8. The second kappa shape index (κ2) is 6.35. The number of hydrogen-bond donors (Lipinski definition) is 0. The maximum absolute atomic E-state index is 6.18. The largest absolute Gasteiger partial charge is 0.488 e. The zero-order chi connectivity index (χ0) is 14.8. The lowest BCUT2D eigenvalue weighted by Gasteiger charge is -2.16. The maximum atomic E-state index is 6.18. The molecule has 2 nitrogen and oxygen atoms in total. The predicted octanol–water partition coefficient (Wildman–Crippen LogP) is 5.11. The summed E-state index contributed by atoms with van der Waals surface area (Å²) in [5.41, 5.74) is 1.98. The van der Waals surface area contributed by atoms with Crippen LogP contribution in [0.2, 0.25) is 10.0 Å². The van der Waals surface area contributed by atoms with Crippen LogP contribution >= 0.6 is 34.8 Å². The van der Waals surface area contributed by atoms with Gasteiger partial charge >= 0.3 is 0 Å². The van der Waals surface area contributed by atoms with Crippen LogP contribution in [-0.4, -0.2) is 12.7 Å². The molecule has 1 aliphatic rings. The summed E-state index contributed by atoms with van der Waals surface area (Å²) in [5.74, 6) is 1.79. The van der Waals surface area contributed by atoms with E-state index in [9.17, 15) is 0 Å². The van der Waals surface area contributed by atoms with Crippen LogP contribution in [-0.2, 0) is 12.3 Å². The lowest BCUT2D eigenvalue weighted by Crippen LogP contribution is -2.22. The molecule has 1 unspecified atom stereocenters. The van der Waals surface area contributed by atoms with Gasteiger partial charge in [0, 0.05) is 17.0 Å². The number of alkyl halides is 1.